The van der Waals surface area contributed by atoms with Gasteiger partial charge in [0.2, 0.25) is 0 Å². The maximum atomic E-state index is 10.6. The first-order valence-corrected chi connectivity index (χ1v) is 6.43. The van der Waals surface area contributed by atoms with Crippen LogP contribution in [0, 0.1) is 17.0 Å². The first-order chi connectivity index (χ1) is 8.66. The fourth-order valence-corrected chi connectivity index (χ4v) is 2.47. The van der Waals surface area contributed by atoms with Crippen molar-refractivity contribution in [2.45, 2.75) is 17.6 Å². The van der Waals surface area contributed by atoms with Gasteiger partial charge in [-0.3, -0.25) is 0 Å². The summed E-state index contributed by atoms with van der Waals surface area (Å²) in [6.07, 6.45) is 1.55. The Hall–Kier alpha value is -1.88. The van der Waals surface area contributed by atoms with Gasteiger partial charge in [0, 0.05) is 11.3 Å². The van der Waals surface area contributed by atoms with E-state index in [0.29, 0.717) is 5.56 Å². The number of rotatable bonds is 4. The Bertz CT molecular complexity index is 558. The molecule has 0 bridgehead atoms. The summed E-state index contributed by atoms with van der Waals surface area (Å²) in [4.78, 5) is 15.0. The molecule has 0 atom stereocenters. The zero-order valence-corrected chi connectivity index (χ0v) is 10.7. The molecule has 0 aliphatic heterocycles. The number of aromatic nitrogens is 1. The topological polar surface area (TPSA) is 56.0 Å². The molecule has 92 valence electrons. The van der Waals surface area contributed by atoms with Crippen LogP contribution < -0.4 is 0 Å². The van der Waals surface area contributed by atoms with Gasteiger partial charge in [0.05, 0.1) is 4.90 Å². The van der Waals surface area contributed by atoms with Crippen molar-refractivity contribution in [1.82, 2.24) is 4.98 Å². The molecular weight excluding hydrogens is 248 g/mol. The van der Waals surface area contributed by atoms with E-state index in [9.17, 15) is 10.1 Å². The molecule has 2 rings (SSSR count). The Labute approximate surface area is 109 Å². The second kappa shape index (κ2) is 5.64. The Kier molecular flexibility index (Phi) is 3.94. The van der Waals surface area contributed by atoms with Gasteiger partial charge >= 0.3 is 5.82 Å². The van der Waals surface area contributed by atoms with Crippen molar-refractivity contribution >= 4 is 17.6 Å². The highest BCUT2D eigenvalue weighted by molar-refractivity contribution is 7.98. The quantitative estimate of drug-likeness (QED) is 0.479. The molecular formula is C13H12N2O2S. The van der Waals surface area contributed by atoms with Crippen LogP contribution in [0.4, 0.5) is 5.82 Å². The number of hydrogen-bond acceptors (Lipinski definition) is 4. The fourth-order valence-electron chi connectivity index (χ4n) is 1.55. The van der Waals surface area contributed by atoms with Gasteiger partial charge in [-0.2, -0.15) is 0 Å². The highest BCUT2D eigenvalue weighted by Gasteiger charge is 2.12. The van der Waals surface area contributed by atoms with Crippen LogP contribution in [0.25, 0.3) is 0 Å². The minimum absolute atomic E-state index is 0.0703. The Morgan fingerprint density at radius 3 is 2.67 bits per heavy atom. The molecule has 2 aromatic rings. The number of nitrogens with zero attached hydrogens (tertiary/aromatic N) is 2. The second-order valence-electron chi connectivity index (χ2n) is 3.84. The van der Waals surface area contributed by atoms with Gasteiger partial charge < -0.3 is 10.1 Å². The molecule has 0 saturated carbocycles. The van der Waals surface area contributed by atoms with E-state index in [0.717, 1.165) is 10.6 Å². The van der Waals surface area contributed by atoms with E-state index in [4.69, 9.17) is 0 Å². The van der Waals surface area contributed by atoms with Gasteiger partial charge in [-0.1, -0.05) is 30.3 Å². The summed E-state index contributed by atoms with van der Waals surface area (Å²) in [5, 5.41) is 10.6. The van der Waals surface area contributed by atoms with E-state index in [1.807, 2.05) is 18.2 Å². The van der Waals surface area contributed by atoms with Gasteiger partial charge in [-0.05, 0) is 28.5 Å². The van der Waals surface area contributed by atoms with Crippen molar-refractivity contribution < 1.29 is 4.92 Å². The van der Waals surface area contributed by atoms with Crippen molar-refractivity contribution in [3.63, 3.8) is 0 Å². The van der Waals surface area contributed by atoms with Crippen molar-refractivity contribution in [2.75, 3.05) is 0 Å². The molecule has 0 amide bonds. The van der Waals surface area contributed by atoms with Crippen LogP contribution in [0.3, 0.4) is 0 Å². The minimum atomic E-state index is -0.457. The molecule has 4 nitrogen and oxygen atoms in total. The van der Waals surface area contributed by atoms with Crippen molar-refractivity contribution in [2.24, 2.45) is 0 Å². The number of thioether (sulfide) groups is 1. The second-order valence-corrected chi connectivity index (χ2v) is 4.89. The van der Waals surface area contributed by atoms with Crippen LogP contribution in [0.5, 0.6) is 0 Å². The summed E-state index contributed by atoms with van der Waals surface area (Å²) in [5.74, 6) is 0.763. The molecule has 0 unspecified atom stereocenters. The van der Waals surface area contributed by atoms with Gasteiger partial charge in [0.1, 0.15) is 0 Å². The van der Waals surface area contributed by atoms with Crippen molar-refractivity contribution in [3.05, 3.63) is 63.8 Å². The van der Waals surface area contributed by atoms with Crippen molar-refractivity contribution in [3.8, 4) is 0 Å². The lowest BCUT2D eigenvalue weighted by Crippen LogP contribution is -1.95. The summed E-state index contributed by atoms with van der Waals surface area (Å²) < 4.78 is 0. The van der Waals surface area contributed by atoms with E-state index >= 15 is 0 Å². The molecule has 0 radical (unpaired) electrons. The third-order valence-electron chi connectivity index (χ3n) is 2.45. The molecule has 0 spiro atoms. The first kappa shape index (κ1) is 12.6. The third-order valence-corrected chi connectivity index (χ3v) is 3.48. The summed E-state index contributed by atoms with van der Waals surface area (Å²) in [6.45, 7) is 1.71. The van der Waals surface area contributed by atoms with Gasteiger partial charge in [0.15, 0.2) is 6.20 Å². The molecule has 1 heterocycles. The van der Waals surface area contributed by atoms with E-state index < -0.39 is 4.92 Å². The summed E-state index contributed by atoms with van der Waals surface area (Å²) >= 11 is 1.62. The molecule has 0 N–H and O–H groups in total. The molecule has 1 aromatic heterocycles. The zero-order valence-electron chi connectivity index (χ0n) is 9.87. The molecule has 0 aliphatic rings. The van der Waals surface area contributed by atoms with E-state index in [-0.39, 0.29) is 5.82 Å². The maximum absolute atomic E-state index is 10.6. The standard InChI is InChI=1S/C13H12N2O2S/c1-10-7-12(8-14-13(10)15(16)17)18-9-11-5-3-2-4-6-11/h2-8H,9H2,1H3. The Morgan fingerprint density at radius 2 is 2.06 bits per heavy atom. The molecule has 5 heteroatoms. The monoisotopic (exact) mass is 260 g/mol. The largest absolute Gasteiger partial charge is 0.366 e. The smallest absolute Gasteiger partial charge is 0.358 e. The summed E-state index contributed by atoms with van der Waals surface area (Å²) in [7, 11) is 0. The predicted octanol–water partition coefficient (Wildman–Crippen LogP) is 3.59. The highest BCUT2D eigenvalue weighted by Crippen LogP contribution is 2.25. The predicted molar refractivity (Wildman–Crippen MR) is 71.6 cm³/mol. The van der Waals surface area contributed by atoms with Crippen molar-refractivity contribution in [1.29, 1.82) is 0 Å². The lowest BCUT2D eigenvalue weighted by Gasteiger charge is -2.02. The van der Waals surface area contributed by atoms with Crippen LogP contribution in [0.2, 0.25) is 0 Å². The average Bonchev–Trinajstić information content (AvgIpc) is 2.37. The number of hydrogen-bond donors (Lipinski definition) is 0. The van der Waals surface area contributed by atoms with Crippen LogP contribution >= 0.6 is 11.8 Å². The van der Waals surface area contributed by atoms with Gasteiger partial charge in [-0.25, -0.2) is 0 Å². The SMILES string of the molecule is Cc1cc(SCc2ccccc2)cnc1[N+](=O)[O-]. The number of aryl methyl sites for hydroxylation is 1. The number of pyridine rings is 1. The molecule has 0 saturated heterocycles. The fraction of sp³-hybridized carbons (Fsp3) is 0.154. The van der Waals surface area contributed by atoms with Crippen LogP contribution in [0.15, 0.2) is 47.5 Å². The van der Waals surface area contributed by atoms with E-state index in [2.05, 4.69) is 17.1 Å². The molecule has 18 heavy (non-hydrogen) atoms. The maximum Gasteiger partial charge on any atom is 0.366 e. The zero-order chi connectivity index (χ0) is 13.0. The molecule has 0 fully saturated rings. The summed E-state index contributed by atoms with van der Waals surface area (Å²) in [5.41, 5.74) is 1.82. The van der Waals surface area contributed by atoms with Crippen LogP contribution in [-0.4, -0.2) is 9.91 Å². The summed E-state index contributed by atoms with van der Waals surface area (Å²) in [6, 6.07) is 11.9. The normalized spacial score (nSPS) is 10.3. The number of nitro groups is 1. The van der Waals surface area contributed by atoms with E-state index in [1.54, 1.807) is 30.9 Å². The minimum Gasteiger partial charge on any atom is -0.358 e. The number of benzene rings is 1. The van der Waals surface area contributed by atoms with Gasteiger partial charge in [0.25, 0.3) is 0 Å². The lowest BCUT2D eigenvalue weighted by molar-refractivity contribution is -0.390. The van der Waals surface area contributed by atoms with Crippen LogP contribution in [0.1, 0.15) is 11.1 Å². The Morgan fingerprint density at radius 1 is 1.33 bits per heavy atom. The lowest BCUT2D eigenvalue weighted by atomic mass is 10.2. The van der Waals surface area contributed by atoms with E-state index in [1.165, 1.54) is 5.56 Å². The Balaban J connectivity index is 2.07. The molecule has 0 aliphatic carbocycles. The highest BCUT2D eigenvalue weighted by atomic mass is 32.2. The molecule has 1 aromatic carbocycles. The van der Waals surface area contributed by atoms with Gasteiger partial charge in [-0.15, -0.1) is 11.8 Å². The third kappa shape index (κ3) is 3.07. The first-order valence-electron chi connectivity index (χ1n) is 5.44. The average molecular weight is 260 g/mol. The van der Waals surface area contributed by atoms with Crippen LogP contribution in [-0.2, 0) is 5.75 Å².